The van der Waals surface area contributed by atoms with Crippen LogP contribution in [0.4, 0.5) is 24.5 Å². The van der Waals surface area contributed by atoms with Crippen LogP contribution in [0.1, 0.15) is 11.1 Å². The molecule has 0 N–H and O–H groups in total. The van der Waals surface area contributed by atoms with Gasteiger partial charge in [0.15, 0.2) is 0 Å². The summed E-state index contributed by atoms with van der Waals surface area (Å²) in [7, 11) is -4.12. The number of carbonyl (C=O) groups excluding carboxylic acids is 1. The summed E-state index contributed by atoms with van der Waals surface area (Å²) in [6, 6.07) is 17.7. The minimum Gasteiger partial charge on any atom is -0.368 e. The number of anilines is 2. The van der Waals surface area contributed by atoms with Gasteiger partial charge in [-0.1, -0.05) is 47.5 Å². The highest BCUT2D eigenvalue weighted by molar-refractivity contribution is 7.92. The first-order chi connectivity index (χ1) is 17.5. The Morgan fingerprint density at radius 1 is 0.946 bits per heavy atom. The number of hydrogen-bond acceptors (Lipinski definition) is 4. The number of hydrogen-bond donors (Lipinski definition) is 0. The third-order valence-electron chi connectivity index (χ3n) is 6.18. The number of piperazine rings is 1. The van der Waals surface area contributed by atoms with Gasteiger partial charge in [-0.15, -0.1) is 0 Å². The smallest absolute Gasteiger partial charge is 0.368 e. The Balaban J connectivity index is 1.52. The minimum absolute atomic E-state index is 0.0279. The summed E-state index contributed by atoms with van der Waals surface area (Å²) >= 11 is 6.32. The molecule has 6 nitrogen and oxygen atoms in total. The van der Waals surface area contributed by atoms with Crippen LogP contribution in [0.3, 0.4) is 0 Å². The molecule has 4 rings (SSSR count). The van der Waals surface area contributed by atoms with Gasteiger partial charge in [0.05, 0.1) is 21.2 Å². The molecular formula is C26H25ClF3N3O3S. The van der Waals surface area contributed by atoms with E-state index in [9.17, 15) is 26.4 Å². The number of benzene rings is 3. The number of halogens is 4. The van der Waals surface area contributed by atoms with E-state index < -0.39 is 34.2 Å². The van der Waals surface area contributed by atoms with Crippen LogP contribution < -0.4 is 9.21 Å². The van der Waals surface area contributed by atoms with Gasteiger partial charge in [0.25, 0.3) is 10.0 Å². The minimum atomic E-state index is -4.45. The molecule has 11 heteroatoms. The van der Waals surface area contributed by atoms with Crippen LogP contribution in [0.2, 0.25) is 5.02 Å². The zero-order valence-electron chi connectivity index (χ0n) is 20.0. The van der Waals surface area contributed by atoms with Crippen LogP contribution in [0.25, 0.3) is 0 Å². The molecule has 0 aromatic heterocycles. The standard InChI is InChI=1S/C26H25ClF3N3O3S/c1-19-9-11-22(12-10-19)37(35,36)33(24-8-3-2-7-23(24)27)18-25(34)32-15-13-31(14-16-32)21-6-4-5-20(17-21)26(28,29)30/h2-12,17H,13-16,18H2,1H3. The Morgan fingerprint density at radius 3 is 2.22 bits per heavy atom. The number of aryl methyl sites for hydroxylation is 1. The summed E-state index contributed by atoms with van der Waals surface area (Å²) in [6.45, 7) is 2.45. The number of nitrogens with zero attached hydrogens (tertiary/aromatic N) is 3. The highest BCUT2D eigenvalue weighted by Gasteiger charge is 2.33. The maximum atomic E-state index is 13.6. The largest absolute Gasteiger partial charge is 0.416 e. The van der Waals surface area contributed by atoms with Crippen LogP contribution in [-0.4, -0.2) is 51.9 Å². The molecule has 0 aliphatic carbocycles. The average Bonchev–Trinajstić information content (AvgIpc) is 2.87. The van der Waals surface area contributed by atoms with Crippen molar-refractivity contribution in [2.24, 2.45) is 0 Å². The first-order valence-electron chi connectivity index (χ1n) is 11.5. The van der Waals surface area contributed by atoms with Gasteiger partial charge in [-0.05, 0) is 49.4 Å². The second-order valence-corrected chi connectivity index (χ2v) is 11.0. The van der Waals surface area contributed by atoms with Gasteiger partial charge in [-0.25, -0.2) is 8.42 Å². The second-order valence-electron chi connectivity index (χ2n) is 8.69. The van der Waals surface area contributed by atoms with Gasteiger partial charge in [0, 0.05) is 31.9 Å². The maximum Gasteiger partial charge on any atom is 0.416 e. The molecule has 1 fully saturated rings. The van der Waals surface area contributed by atoms with E-state index in [4.69, 9.17) is 11.6 Å². The van der Waals surface area contributed by atoms with Crippen LogP contribution in [0.15, 0.2) is 77.7 Å². The summed E-state index contributed by atoms with van der Waals surface area (Å²) in [4.78, 5) is 16.6. The molecule has 0 saturated carbocycles. The molecule has 3 aromatic rings. The predicted octanol–water partition coefficient (Wildman–Crippen LogP) is 5.21. The Kier molecular flexibility index (Phi) is 7.70. The summed E-state index contributed by atoms with van der Waals surface area (Å²) < 4.78 is 67.4. The zero-order valence-corrected chi connectivity index (χ0v) is 21.5. The lowest BCUT2D eigenvalue weighted by Gasteiger charge is -2.37. The molecule has 1 amide bonds. The van der Waals surface area contributed by atoms with Gasteiger partial charge in [-0.2, -0.15) is 13.2 Å². The third kappa shape index (κ3) is 6.02. The summed E-state index contributed by atoms with van der Waals surface area (Å²) in [5.41, 5.74) is 0.750. The Bertz CT molecular complexity index is 1370. The molecule has 0 atom stereocenters. The van der Waals surface area contributed by atoms with Gasteiger partial charge >= 0.3 is 6.18 Å². The fraction of sp³-hybridized carbons (Fsp3) is 0.269. The number of carbonyl (C=O) groups is 1. The van der Waals surface area contributed by atoms with Crippen LogP contribution in [0, 0.1) is 6.92 Å². The average molecular weight is 552 g/mol. The fourth-order valence-corrected chi connectivity index (χ4v) is 5.83. The van der Waals surface area contributed by atoms with Gasteiger partial charge in [0.1, 0.15) is 6.54 Å². The highest BCUT2D eigenvalue weighted by Crippen LogP contribution is 2.33. The molecule has 1 aliphatic heterocycles. The summed E-state index contributed by atoms with van der Waals surface area (Å²) in [5.74, 6) is -0.431. The van der Waals surface area contributed by atoms with Gasteiger partial charge in [-0.3, -0.25) is 9.10 Å². The van der Waals surface area contributed by atoms with Gasteiger partial charge < -0.3 is 9.80 Å². The Hall–Kier alpha value is -3.24. The van der Waals surface area contributed by atoms with E-state index in [1.54, 1.807) is 41.3 Å². The molecular weight excluding hydrogens is 527 g/mol. The molecule has 1 saturated heterocycles. The molecule has 3 aromatic carbocycles. The van der Waals surface area contributed by atoms with Crippen molar-refractivity contribution in [1.29, 1.82) is 0 Å². The highest BCUT2D eigenvalue weighted by atomic mass is 35.5. The van der Waals surface area contributed by atoms with E-state index >= 15 is 0 Å². The molecule has 0 unspecified atom stereocenters. The van der Waals surface area contributed by atoms with E-state index in [1.807, 2.05) is 6.92 Å². The van der Waals surface area contributed by atoms with Crippen LogP contribution >= 0.6 is 11.6 Å². The number of sulfonamides is 1. The maximum absolute atomic E-state index is 13.6. The van der Waals surface area contributed by atoms with E-state index in [1.165, 1.54) is 29.2 Å². The molecule has 196 valence electrons. The van der Waals surface area contributed by atoms with Crippen molar-refractivity contribution in [2.45, 2.75) is 18.0 Å². The lowest BCUT2D eigenvalue weighted by Crippen LogP contribution is -2.52. The van der Waals surface area contributed by atoms with Crippen LogP contribution in [0.5, 0.6) is 0 Å². The van der Waals surface area contributed by atoms with Crippen molar-refractivity contribution < 1.29 is 26.4 Å². The molecule has 0 spiro atoms. The number of amides is 1. The number of alkyl halides is 3. The third-order valence-corrected chi connectivity index (χ3v) is 8.27. The topological polar surface area (TPSA) is 60.9 Å². The Morgan fingerprint density at radius 2 is 1.59 bits per heavy atom. The lowest BCUT2D eigenvalue weighted by molar-refractivity contribution is -0.137. The number of rotatable bonds is 6. The first-order valence-corrected chi connectivity index (χ1v) is 13.3. The predicted molar refractivity (Wildman–Crippen MR) is 137 cm³/mol. The van der Waals surface area contributed by atoms with Gasteiger partial charge in [0.2, 0.25) is 5.91 Å². The monoisotopic (exact) mass is 551 g/mol. The van der Waals surface area contributed by atoms with E-state index in [0.717, 1.165) is 22.0 Å². The molecule has 0 radical (unpaired) electrons. The molecule has 37 heavy (non-hydrogen) atoms. The van der Waals surface area contributed by atoms with E-state index in [-0.39, 0.29) is 28.7 Å². The lowest BCUT2D eigenvalue weighted by atomic mass is 10.1. The molecule has 1 heterocycles. The Labute approximate surface area is 218 Å². The molecule has 1 aliphatic rings. The fourth-order valence-electron chi connectivity index (χ4n) is 4.11. The van der Waals surface area contributed by atoms with Crippen molar-refractivity contribution in [3.63, 3.8) is 0 Å². The normalized spacial score (nSPS) is 14.5. The SMILES string of the molecule is Cc1ccc(S(=O)(=O)N(CC(=O)N2CCN(c3cccc(C(F)(F)F)c3)CC2)c2ccccc2Cl)cc1. The van der Waals surface area contributed by atoms with Crippen molar-refractivity contribution in [3.8, 4) is 0 Å². The second kappa shape index (κ2) is 10.6. The molecule has 0 bridgehead atoms. The summed E-state index contributed by atoms with van der Waals surface area (Å²) in [5, 5.41) is 0.181. The van der Waals surface area contributed by atoms with Crippen molar-refractivity contribution in [3.05, 3.63) is 88.9 Å². The van der Waals surface area contributed by atoms with E-state index in [2.05, 4.69) is 0 Å². The van der Waals surface area contributed by atoms with Crippen molar-refractivity contribution >= 4 is 38.9 Å². The van der Waals surface area contributed by atoms with Crippen molar-refractivity contribution in [1.82, 2.24) is 4.90 Å². The number of para-hydroxylation sites is 1. The zero-order chi connectivity index (χ0) is 26.8. The van der Waals surface area contributed by atoms with E-state index in [0.29, 0.717) is 18.8 Å². The quantitative estimate of drug-likeness (QED) is 0.422. The first kappa shape index (κ1) is 26.8. The summed E-state index contributed by atoms with van der Waals surface area (Å²) in [6.07, 6.45) is -4.45. The van der Waals surface area contributed by atoms with Crippen molar-refractivity contribution in [2.75, 3.05) is 41.9 Å². The van der Waals surface area contributed by atoms with Crippen LogP contribution in [-0.2, 0) is 21.0 Å².